The summed E-state index contributed by atoms with van der Waals surface area (Å²) in [5.74, 6) is -1.08. The standard InChI is InChI=1S/C14H29N3O3/c1-6-11(4)12(13(18)19)16-14(20)15-8-7-9-17(5)10(2)3/h10-12H,6-9H2,1-5H3,(H,18,19)(H2,15,16,20). The SMILES string of the molecule is CCC(C)C(NC(=O)NCCCN(C)C(C)C)C(=O)O. The van der Waals surface area contributed by atoms with Crippen LogP contribution in [-0.2, 0) is 4.79 Å². The van der Waals surface area contributed by atoms with Gasteiger partial charge in [-0.25, -0.2) is 9.59 Å². The predicted octanol–water partition coefficient (Wildman–Crippen LogP) is 1.52. The second-order valence-electron chi connectivity index (χ2n) is 5.53. The first-order chi connectivity index (χ1) is 9.29. The van der Waals surface area contributed by atoms with E-state index in [9.17, 15) is 9.59 Å². The second kappa shape index (κ2) is 9.58. The molecule has 0 aliphatic carbocycles. The smallest absolute Gasteiger partial charge is 0.326 e. The van der Waals surface area contributed by atoms with Crippen LogP contribution in [0.25, 0.3) is 0 Å². The summed E-state index contributed by atoms with van der Waals surface area (Å²) in [6.45, 7) is 9.38. The van der Waals surface area contributed by atoms with Crippen LogP contribution in [0.4, 0.5) is 4.79 Å². The van der Waals surface area contributed by atoms with Gasteiger partial charge in [-0.15, -0.1) is 0 Å². The number of carboxylic acids is 1. The molecule has 0 fully saturated rings. The molecule has 2 unspecified atom stereocenters. The van der Waals surface area contributed by atoms with Crippen molar-refractivity contribution in [1.29, 1.82) is 0 Å². The molecule has 2 amide bonds. The Hall–Kier alpha value is -1.30. The molecule has 2 atom stereocenters. The van der Waals surface area contributed by atoms with Crippen LogP contribution in [0.2, 0.25) is 0 Å². The van der Waals surface area contributed by atoms with Crippen molar-refractivity contribution in [2.24, 2.45) is 5.92 Å². The summed E-state index contributed by atoms with van der Waals surface area (Å²) in [5.41, 5.74) is 0. The lowest BCUT2D eigenvalue weighted by molar-refractivity contribution is -0.140. The van der Waals surface area contributed by atoms with Gasteiger partial charge in [-0.1, -0.05) is 20.3 Å². The molecule has 118 valence electrons. The minimum Gasteiger partial charge on any atom is -0.480 e. The average molecular weight is 287 g/mol. The van der Waals surface area contributed by atoms with Crippen LogP contribution in [-0.4, -0.2) is 54.2 Å². The zero-order valence-electron chi connectivity index (χ0n) is 13.3. The number of rotatable bonds is 9. The Kier molecular flexibility index (Phi) is 8.96. The van der Waals surface area contributed by atoms with Crippen molar-refractivity contribution in [2.45, 2.75) is 52.6 Å². The Morgan fingerprint density at radius 3 is 2.30 bits per heavy atom. The van der Waals surface area contributed by atoms with Crippen molar-refractivity contribution in [1.82, 2.24) is 15.5 Å². The first-order valence-corrected chi connectivity index (χ1v) is 7.27. The number of hydrogen-bond donors (Lipinski definition) is 3. The molecule has 0 saturated carbocycles. The molecule has 0 bridgehead atoms. The third-order valence-electron chi connectivity index (χ3n) is 3.62. The largest absolute Gasteiger partial charge is 0.480 e. The van der Waals surface area contributed by atoms with E-state index < -0.39 is 18.0 Å². The quantitative estimate of drug-likeness (QED) is 0.562. The summed E-state index contributed by atoms with van der Waals surface area (Å²) in [4.78, 5) is 24.9. The van der Waals surface area contributed by atoms with Gasteiger partial charge in [0.1, 0.15) is 6.04 Å². The first kappa shape index (κ1) is 18.7. The number of urea groups is 1. The minimum atomic E-state index is -0.992. The summed E-state index contributed by atoms with van der Waals surface area (Å²) in [5, 5.41) is 14.3. The molecule has 0 aliphatic heterocycles. The highest BCUT2D eigenvalue weighted by molar-refractivity contribution is 5.82. The van der Waals surface area contributed by atoms with E-state index >= 15 is 0 Å². The minimum absolute atomic E-state index is 0.0923. The molecule has 0 heterocycles. The number of aliphatic carboxylic acids is 1. The first-order valence-electron chi connectivity index (χ1n) is 7.27. The highest BCUT2D eigenvalue weighted by Gasteiger charge is 2.24. The van der Waals surface area contributed by atoms with Crippen LogP contribution in [0.15, 0.2) is 0 Å². The van der Waals surface area contributed by atoms with Crippen molar-refractivity contribution >= 4 is 12.0 Å². The van der Waals surface area contributed by atoms with Gasteiger partial charge in [0.15, 0.2) is 0 Å². The van der Waals surface area contributed by atoms with E-state index in [2.05, 4.69) is 29.4 Å². The maximum absolute atomic E-state index is 11.7. The van der Waals surface area contributed by atoms with Gasteiger partial charge in [0, 0.05) is 12.6 Å². The molecule has 0 aliphatic rings. The number of nitrogens with zero attached hydrogens (tertiary/aromatic N) is 1. The van der Waals surface area contributed by atoms with Crippen molar-refractivity contribution in [3.8, 4) is 0 Å². The summed E-state index contributed by atoms with van der Waals surface area (Å²) in [6.07, 6.45) is 1.54. The van der Waals surface area contributed by atoms with Crippen LogP contribution >= 0.6 is 0 Å². The lowest BCUT2D eigenvalue weighted by Crippen LogP contribution is -2.49. The number of nitrogens with one attached hydrogen (secondary N) is 2. The van der Waals surface area contributed by atoms with Gasteiger partial charge >= 0.3 is 12.0 Å². The van der Waals surface area contributed by atoms with Gasteiger partial charge in [0.05, 0.1) is 0 Å². The average Bonchev–Trinajstić information content (AvgIpc) is 2.39. The number of carbonyl (C=O) groups excluding carboxylic acids is 1. The van der Waals surface area contributed by atoms with Gasteiger partial charge in [0.25, 0.3) is 0 Å². The van der Waals surface area contributed by atoms with Crippen LogP contribution in [0.1, 0.15) is 40.5 Å². The van der Waals surface area contributed by atoms with E-state index in [0.29, 0.717) is 19.0 Å². The van der Waals surface area contributed by atoms with Crippen molar-refractivity contribution in [2.75, 3.05) is 20.1 Å². The molecule has 20 heavy (non-hydrogen) atoms. The molecular formula is C14H29N3O3. The monoisotopic (exact) mass is 287 g/mol. The van der Waals surface area contributed by atoms with Crippen LogP contribution in [0, 0.1) is 5.92 Å². The van der Waals surface area contributed by atoms with E-state index in [1.54, 1.807) is 0 Å². The molecule has 0 rings (SSSR count). The highest BCUT2D eigenvalue weighted by Crippen LogP contribution is 2.07. The van der Waals surface area contributed by atoms with E-state index in [0.717, 1.165) is 13.0 Å². The van der Waals surface area contributed by atoms with Gasteiger partial charge in [-0.2, -0.15) is 0 Å². The molecule has 0 radical (unpaired) electrons. The number of carboxylic acid groups (broad SMARTS) is 1. The van der Waals surface area contributed by atoms with Crippen LogP contribution < -0.4 is 10.6 Å². The van der Waals surface area contributed by atoms with Crippen molar-refractivity contribution in [3.05, 3.63) is 0 Å². The molecule has 6 nitrogen and oxygen atoms in total. The van der Waals surface area contributed by atoms with E-state index in [1.807, 2.05) is 20.9 Å². The summed E-state index contributed by atoms with van der Waals surface area (Å²) in [6, 6.07) is -0.770. The van der Waals surface area contributed by atoms with Crippen molar-refractivity contribution in [3.63, 3.8) is 0 Å². The lowest BCUT2D eigenvalue weighted by Gasteiger charge is -2.22. The molecule has 0 aromatic rings. The number of hydrogen-bond acceptors (Lipinski definition) is 3. The summed E-state index contributed by atoms with van der Waals surface area (Å²) in [7, 11) is 2.04. The fourth-order valence-electron chi connectivity index (χ4n) is 1.66. The maximum Gasteiger partial charge on any atom is 0.326 e. The number of amides is 2. The molecule has 0 aromatic heterocycles. The third kappa shape index (κ3) is 7.33. The Bertz CT molecular complexity index is 308. The molecule has 0 aromatic carbocycles. The fourth-order valence-corrected chi connectivity index (χ4v) is 1.66. The van der Waals surface area contributed by atoms with Gasteiger partial charge in [0.2, 0.25) is 0 Å². The third-order valence-corrected chi connectivity index (χ3v) is 3.62. The van der Waals surface area contributed by atoms with Gasteiger partial charge in [-0.3, -0.25) is 0 Å². The molecular weight excluding hydrogens is 258 g/mol. The topological polar surface area (TPSA) is 81.7 Å². The molecule has 6 heteroatoms. The fraction of sp³-hybridized carbons (Fsp3) is 0.857. The maximum atomic E-state index is 11.7. The van der Waals surface area contributed by atoms with E-state index in [1.165, 1.54) is 0 Å². The Balaban J connectivity index is 4.00. The Labute approximate surface area is 121 Å². The van der Waals surface area contributed by atoms with Crippen LogP contribution in [0.3, 0.4) is 0 Å². The Morgan fingerprint density at radius 2 is 1.85 bits per heavy atom. The van der Waals surface area contributed by atoms with Gasteiger partial charge in [-0.05, 0) is 39.8 Å². The van der Waals surface area contributed by atoms with Gasteiger partial charge < -0.3 is 20.6 Å². The molecule has 0 spiro atoms. The van der Waals surface area contributed by atoms with Crippen molar-refractivity contribution < 1.29 is 14.7 Å². The number of carbonyl (C=O) groups is 2. The summed E-state index contributed by atoms with van der Waals surface area (Å²) >= 11 is 0. The van der Waals surface area contributed by atoms with E-state index in [4.69, 9.17) is 5.11 Å². The second-order valence-corrected chi connectivity index (χ2v) is 5.53. The van der Waals surface area contributed by atoms with Crippen LogP contribution in [0.5, 0.6) is 0 Å². The molecule has 3 N–H and O–H groups in total. The normalized spacial score (nSPS) is 14.2. The predicted molar refractivity (Wildman–Crippen MR) is 79.8 cm³/mol. The zero-order chi connectivity index (χ0) is 15.7. The lowest BCUT2D eigenvalue weighted by atomic mass is 9.99. The zero-order valence-corrected chi connectivity index (χ0v) is 13.3. The summed E-state index contributed by atoms with van der Waals surface area (Å²) < 4.78 is 0. The Morgan fingerprint density at radius 1 is 1.25 bits per heavy atom. The van der Waals surface area contributed by atoms with E-state index in [-0.39, 0.29) is 5.92 Å². The molecule has 0 saturated heterocycles. The highest BCUT2D eigenvalue weighted by atomic mass is 16.4.